The maximum Gasteiger partial charge on any atom is 0.460 e. The number of halogens is 34. The van der Waals surface area contributed by atoms with Gasteiger partial charge in [-0.2, -0.15) is 149 Å². The molecule has 0 saturated carbocycles. The quantitative estimate of drug-likeness (QED) is 0.0693. The van der Waals surface area contributed by atoms with E-state index in [1.165, 1.54) is 0 Å². The van der Waals surface area contributed by atoms with Gasteiger partial charge in [-0.15, -0.1) is 0 Å². The van der Waals surface area contributed by atoms with Gasteiger partial charge >= 0.3 is 107 Å². The number of rotatable bonds is 20. The fourth-order valence-electron chi connectivity index (χ4n) is 3.65. The predicted octanol–water partition coefficient (Wildman–Crippen LogP) is 11.8. The van der Waals surface area contributed by atoms with Crippen LogP contribution in [0.25, 0.3) is 0 Å². The van der Waals surface area contributed by atoms with Gasteiger partial charge in [0, 0.05) is 11.6 Å². The minimum absolute atomic E-state index is 0.0910. The Balaban J connectivity index is 6.09. The van der Waals surface area contributed by atoms with Gasteiger partial charge in [0.1, 0.15) is 0 Å². The van der Waals surface area contributed by atoms with Crippen molar-refractivity contribution < 1.29 is 168 Å². The molecular formula is C25H12F34O4. The molecule has 63 heavy (non-hydrogen) atoms. The first-order valence-corrected chi connectivity index (χ1v) is 14.4. The van der Waals surface area contributed by atoms with E-state index in [-0.39, 0.29) is 6.92 Å². The first kappa shape index (κ1) is 59.3. The van der Waals surface area contributed by atoms with Crippen molar-refractivity contribution >= 4 is 11.9 Å². The summed E-state index contributed by atoms with van der Waals surface area (Å²) < 4.78 is 459. The summed E-state index contributed by atoms with van der Waals surface area (Å²) in [4.78, 5) is 23.2. The van der Waals surface area contributed by atoms with Crippen LogP contribution < -0.4 is 0 Å². The van der Waals surface area contributed by atoms with Crippen LogP contribution in [0.5, 0.6) is 0 Å². The van der Waals surface area contributed by atoms with Crippen LogP contribution in [0.2, 0.25) is 0 Å². The number of carbonyl (C=O) groups is 2. The lowest BCUT2D eigenvalue weighted by Gasteiger charge is -2.42. The molecule has 0 aromatic rings. The van der Waals surface area contributed by atoms with Gasteiger partial charge in [0.2, 0.25) is 0 Å². The van der Waals surface area contributed by atoms with Gasteiger partial charge in [0.25, 0.3) is 0 Å². The fourth-order valence-corrected chi connectivity index (χ4v) is 3.65. The Bertz CT molecular complexity index is 1680. The summed E-state index contributed by atoms with van der Waals surface area (Å²) in [5.74, 6) is -124. The molecule has 0 aromatic carbocycles. The summed E-state index contributed by atoms with van der Waals surface area (Å²) in [7, 11) is 0. The highest BCUT2D eigenvalue weighted by Gasteiger charge is 2.97. The van der Waals surface area contributed by atoms with Crippen LogP contribution >= 0.6 is 0 Å². The Morgan fingerprint density at radius 2 is 0.540 bits per heavy atom. The Hall–Kier alpha value is -3.70. The molecule has 0 saturated heterocycles. The normalized spacial score (nSPS) is 16.3. The van der Waals surface area contributed by atoms with Crippen molar-refractivity contribution in [3.63, 3.8) is 0 Å². The van der Waals surface area contributed by atoms with Crippen LogP contribution in [0.15, 0.2) is 11.6 Å². The number of esters is 2. The van der Waals surface area contributed by atoms with Crippen molar-refractivity contribution in [2.75, 3.05) is 13.2 Å². The number of hydrogen-bond acceptors (Lipinski definition) is 4. The van der Waals surface area contributed by atoms with E-state index in [1.807, 2.05) is 0 Å². The van der Waals surface area contributed by atoms with Crippen molar-refractivity contribution in [2.24, 2.45) is 0 Å². The maximum atomic E-state index is 13.9. The van der Waals surface area contributed by atoms with E-state index in [1.54, 1.807) is 0 Å². The SMILES string of the molecule is C/C(=C/C(=O)OCCC(F)(F)C(F)(F)C(F)(F)C(F)(F)C(F)(F)C(F)(F)C(F)(F)C(F)(F)F)C(=O)OCCC(F)(F)C(F)(F)C(F)(F)C(F)(F)C(F)(F)C(F)(F)C(F)(F)C(F)(F)F. The molecule has 374 valence electrons. The molecule has 0 aromatic heterocycles. The predicted molar refractivity (Wildman–Crippen MR) is 126 cm³/mol. The Morgan fingerprint density at radius 3 is 0.778 bits per heavy atom. The Kier molecular flexibility index (Phi) is 15.4. The number of hydrogen-bond donors (Lipinski definition) is 0. The largest absolute Gasteiger partial charge is 0.462 e. The van der Waals surface area contributed by atoms with Crippen molar-refractivity contribution in [2.45, 2.75) is 115 Å². The van der Waals surface area contributed by atoms with Crippen molar-refractivity contribution in [3.8, 4) is 0 Å². The van der Waals surface area contributed by atoms with Gasteiger partial charge in [-0.05, 0) is 6.92 Å². The van der Waals surface area contributed by atoms with E-state index in [9.17, 15) is 159 Å². The summed E-state index contributed by atoms with van der Waals surface area (Å²) in [5.41, 5.74) is -1.64. The first-order chi connectivity index (χ1) is 26.9. The lowest BCUT2D eigenvalue weighted by atomic mass is 9.88. The topological polar surface area (TPSA) is 52.6 Å². The summed E-state index contributed by atoms with van der Waals surface area (Å²) in [6.45, 7) is -5.21. The molecule has 0 radical (unpaired) electrons. The summed E-state index contributed by atoms with van der Waals surface area (Å²) in [6.07, 6.45) is -23.5. The number of alkyl halides is 34. The molecule has 0 bridgehead atoms. The van der Waals surface area contributed by atoms with E-state index in [4.69, 9.17) is 0 Å². The second kappa shape index (κ2) is 16.3. The molecule has 0 aliphatic carbocycles. The minimum Gasteiger partial charge on any atom is -0.462 e. The smallest absolute Gasteiger partial charge is 0.460 e. The highest BCUT2D eigenvalue weighted by atomic mass is 19.4. The number of carbonyl (C=O) groups excluding carboxylic acids is 2. The molecule has 0 amide bonds. The van der Waals surface area contributed by atoms with Crippen molar-refractivity contribution in [1.82, 2.24) is 0 Å². The van der Waals surface area contributed by atoms with E-state index >= 15 is 0 Å². The standard InChI is InChI=1S/C25H12F34O4/c1-7(9(61)63-5-3-11(28,29)13(32,33)15(36,37)17(40,41)19(44,45)21(48,49)23(52,53)25(57,58)59)6-8(60)62-4-2-10(26,27)12(30,31)14(34,35)16(38,39)18(42,43)20(46,47)22(50,51)24(54,55)56/h6H,2-5H2,1H3/b7-6-. The zero-order valence-corrected chi connectivity index (χ0v) is 28.4. The molecule has 0 unspecified atom stereocenters. The molecular weight excluding hydrogens is 1010 g/mol. The van der Waals surface area contributed by atoms with Crippen molar-refractivity contribution in [3.05, 3.63) is 11.6 Å². The maximum absolute atomic E-state index is 13.9. The zero-order chi connectivity index (χ0) is 51.7. The van der Waals surface area contributed by atoms with Crippen LogP contribution in [0, 0.1) is 0 Å². The molecule has 0 spiro atoms. The molecule has 0 atom stereocenters. The van der Waals surface area contributed by atoms with Gasteiger partial charge in [0.05, 0.1) is 26.1 Å². The molecule has 0 rings (SSSR count). The highest BCUT2D eigenvalue weighted by Crippen LogP contribution is 2.66. The first-order valence-electron chi connectivity index (χ1n) is 14.4. The monoisotopic (exact) mass is 1020 g/mol. The highest BCUT2D eigenvalue weighted by molar-refractivity contribution is 5.95. The lowest BCUT2D eigenvalue weighted by molar-refractivity contribution is -0.461. The average molecular weight is 1020 g/mol. The van der Waals surface area contributed by atoms with Gasteiger partial charge < -0.3 is 9.47 Å². The molecule has 0 N–H and O–H groups in total. The summed E-state index contributed by atoms with van der Waals surface area (Å²) in [5, 5.41) is 0. The van der Waals surface area contributed by atoms with Gasteiger partial charge in [0.15, 0.2) is 0 Å². The lowest BCUT2D eigenvalue weighted by Crippen LogP contribution is -2.74. The number of ether oxygens (including phenoxy) is 2. The van der Waals surface area contributed by atoms with Crippen molar-refractivity contribution in [1.29, 1.82) is 0 Å². The fraction of sp³-hybridized carbons (Fsp3) is 0.840. The third-order valence-electron chi connectivity index (χ3n) is 7.54. The van der Waals surface area contributed by atoms with Gasteiger partial charge in [-0.25, -0.2) is 9.59 Å². The van der Waals surface area contributed by atoms with E-state index in [0.717, 1.165) is 0 Å². The zero-order valence-electron chi connectivity index (χ0n) is 28.4. The second-order valence-electron chi connectivity index (χ2n) is 11.9. The second-order valence-corrected chi connectivity index (χ2v) is 11.9. The van der Waals surface area contributed by atoms with E-state index in [0.29, 0.717) is 0 Å². The molecule has 0 aliphatic rings. The third-order valence-corrected chi connectivity index (χ3v) is 7.54. The van der Waals surface area contributed by atoms with Crippen LogP contribution in [-0.2, 0) is 19.1 Å². The van der Waals surface area contributed by atoms with E-state index < -0.39 is 145 Å². The molecule has 0 aliphatic heterocycles. The van der Waals surface area contributed by atoms with Gasteiger partial charge in [-0.1, -0.05) is 0 Å². The Labute approximate surface area is 321 Å². The third kappa shape index (κ3) is 8.87. The van der Waals surface area contributed by atoms with Crippen LogP contribution in [0.1, 0.15) is 19.8 Å². The van der Waals surface area contributed by atoms with Crippen LogP contribution in [0.3, 0.4) is 0 Å². The van der Waals surface area contributed by atoms with Crippen LogP contribution in [-0.4, -0.2) is 120 Å². The van der Waals surface area contributed by atoms with E-state index in [2.05, 4.69) is 9.47 Å². The summed E-state index contributed by atoms with van der Waals surface area (Å²) in [6, 6.07) is 0. The summed E-state index contributed by atoms with van der Waals surface area (Å²) >= 11 is 0. The minimum atomic E-state index is -9.00. The molecule has 0 fully saturated rings. The molecule has 0 heterocycles. The molecule has 38 heteroatoms. The molecule has 4 nitrogen and oxygen atoms in total. The van der Waals surface area contributed by atoms with Crippen LogP contribution in [0.4, 0.5) is 149 Å². The van der Waals surface area contributed by atoms with Gasteiger partial charge in [-0.3, -0.25) is 0 Å². The Morgan fingerprint density at radius 1 is 0.333 bits per heavy atom. The average Bonchev–Trinajstić information content (AvgIpc) is 3.05.